The van der Waals surface area contributed by atoms with E-state index in [0.29, 0.717) is 11.3 Å². The van der Waals surface area contributed by atoms with Crippen LogP contribution < -0.4 is 10.1 Å². The van der Waals surface area contributed by atoms with Gasteiger partial charge in [-0.2, -0.15) is 17.0 Å². The lowest BCUT2D eigenvalue weighted by Gasteiger charge is -2.26. The van der Waals surface area contributed by atoms with Crippen molar-refractivity contribution in [2.75, 3.05) is 44.8 Å². The molecule has 1 fully saturated rings. The summed E-state index contributed by atoms with van der Waals surface area (Å²) in [7, 11) is 1.60. The lowest BCUT2D eigenvalue weighted by molar-refractivity contribution is 0.301. The summed E-state index contributed by atoms with van der Waals surface area (Å²) < 4.78 is 5.22. The Hall–Kier alpha value is -1.22. The van der Waals surface area contributed by atoms with Crippen molar-refractivity contribution < 1.29 is 4.74 Å². The molecule has 2 rings (SSSR count). The molecule has 0 aromatic heterocycles. The van der Waals surface area contributed by atoms with Crippen LogP contribution in [0.3, 0.4) is 0 Å². The molecule has 20 heavy (non-hydrogen) atoms. The Bertz CT molecular complexity index is 467. The van der Waals surface area contributed by atoms with Crippen LogP contribution in [0.25, 0.3) is 0 Å². The molecule has 1 heterocycles. The van der Waals surface area contributed by atoms with Gasteiger partial charge in [-0.3, -0.25) is 0 Å². The highest BCUT2D eigenvalue weighted by atomic mass is 32.2. The molecule has 0 spiro atoms. The standard InChI is InChI=1S/C15H21N3OS/c1-19-15-10-13(2-3-14(15)11-16)12-17-4-5-18-6-8-20-9-7-18/h2-3,10,17H,4-9,12H2,1H3. The first-order valence-corrected chi connectivity index (χ1v) is 8.07. The van der Waals surface area contributed by atoms with E-state index in [2.05, 4.69) is 16.3 Å². The predicted octanol–water partition coefficient (Wildman–Crippen LogP) is 1.71. The van der Waals surface area contributed by atoms with E-state index in [4.69, 9.17) is 10.00 Å². The Morgan fingerprint density at radius 3 is 2.90 bits per heavy atom. The number of rotatable bonds is 6. The lowest BCUT2D eigenvalue weighted by atomic mass is 10.1. The zero-order valence-electron chi connectivity index (χ0n) is 11.9. The van der Waals surface area contributed by atoms with Gasteiger partial charge >= 0.3 is 0 Å². The fraction of sp³-hybridized carbons (Fsp3) is 0.533. The van der Waals surface area contributed by atoms with Crippen molar-refractivity contribution >= 4 is 11.8 Å². The molecule has 1 aliphatic heterocycles. The summed E-state index contributed by atoms with van der Waals surface area (Å²) in [6.07, 6.45) is 0. The number of ether oxygens (including phenoxy) is 1. The molecule has 0 aliphatic carbocycles. The molecule has 0 atom stereocenters. The van der Waals surface area contributed by atoms with Crippen molar-refractivity contribution in [2.24, 2.45) is 0 Å². The summed E-state index contributed by atoms with van der Waals surface area (Å²) in [5.41, 5.74) is 1.73. The molecule has 0 amide bonds. The average molecular weight is 291 g/mol. The van der Waals surface area contributed by atoms with E-state index >= 15 is 0 Å². The largest absolute Gasteiger partial charge is 0.495 e. The normalized spacial score (nSPS) is 15.8. The first-order chi connectivity index (χ1) is 9.83. The van der Waals surface area contributed by atoms with Gasteiger partial charge in [-0.25, -0.2) is 0 Å². The van der Waals surface area contributed by atoms with Crippen LogP contribution in [0.4, 0.5) is 0 Å². The molecule has 0 radical (unpaired) electrons. The molecule has 0 bridgehead atoms. The molecule has 0 saturated carbocycles. The highest BCUT2D eigenvalue weighted by Crippen LogP contribution is 2.19. The first-order valence-electron chi connectivity index (χ1n) is 6.91. The Kier molecular flexibility index (Phi) is 6.19. The fourth-order valence-corrected chi connectivity index (χ4v) is 3.21. The SMILES string of the molecule is COc1cc(CNCCN2CCSCC2)ccc1C#N. The van der Waals surface area contributed by atoms with Crippen LogP contribution in [0.1, 0.15) is 11.1 Å². The van der Waals surface area contributed by atoms with Crippen LogP contribution in [0, 0.1) is 11.3 Å². The van der Waals surface area contributed by atoms with Gasteiger partial charge in [0.25, 0.3) is 0 Å². The number of thioether (sulfide) groups is 1. The van der Waals surface area contributed by atoms with Crippen molar-refractivity contribution in [2.45, 2.75) is 6.54 Å². The third-order valence-electron chi connectivity index (χ3n) is 3.42. The molecular weight excluding hydrogens is 270 g/mol. The molecule has 1 saturated heterocycles. The molecule has 1 aliphatic rings. The van der Waals surface area contributed by atoms with Crippen LogP contribution in [0.5, 0.6) is 5.75 Å². The molecular formula is C15H21N3OS. The van der Waals surface area contributed by atoms with Crippen molar-refractivity contribution in [1.29, 1.82) is 5.26 Å². The van der Waals surface area contributed by atoms with Crippen LogP contribution in [0.2, 0.25) is 0 Å². The fourth-order valence-electron chi connectivity index (χ4n) is 2.23. The van der Waals surface area contributed by atoms with Crippen LogP contribution >= 0.6 is 11.8 Å². The van der Waals surface area contributed by atoms with Gasteiger partial charge in [-0.1, -0.05) is 6.07 Å². The summed E-state index contributed by atoms with van der Waals surface area (Å²) in [5.74, 6) is 3.17. The quantitative estimate of drug-likeness (QED) is 0.809. The average Bonchev–Trinajstić information content (AvgIpc) is 2.52. The number of benzene rings is 1. The molecule has 5 heteroatoms. The molecule has 4 nitrogen and oxygen atoms in total. The van der Waals surface area contributed by atoms with E-state index in [-0.39, 0.29) is 0 Å². The Morgan fingerprint density at radius 1 is 1.40 bits per heavy atom. The van der Waals surface area contributed by atoms with Crippen molar-refractivity contribution in [3.05, 3.63) is 29.3 Å². The molecule has 1 aromatic carbocycles. The number of nitrogens with one attached hydrogen (secondary N) is 1. The monoisotopic (exact) mass is 291 g/mol. The summed E-state index contributed by atoms with van der Waals surface area (Å²) in [6.45, 7) is 5.32. The second-order valence-electron chi connectivity index (χ2n) is 4.78. The van der Waals surface area contributed by atoms with Gasteiger partial charge in [-0.15, -0.1) is 0 Å². The second kappa shape index (κ2) is 8.15. The van der Waals surface area contributed by atoms with E-state index < -0.39 is 0 Å². The number of nitrogens with zero attached hydrogens (tertiary/aromatic N) is 2. The minimum atomic E-state index is 0.585. The van der Waals surface area contributed by atoms with Gasteiger partial charge in [0.05, 0.1) is 12.7 Å². The molecule has 108 valence electrons. The maximum Gasteiger partial charge on any atom is 0.136 e. The van der Waals surface area contributed by atoms with Crippen LogP contribution in [0.15, 0.2) is 18.2 Å². The smallest absolute Gasteiger partial charge is 0.136 e. The van der Waals surface area contributed by atoms with Gasteiger partial charge in [0.2, 0.25) is 0 Å². The van der Waals surface area contributed by atoms with Gasteiger partial charge in [0.1, 0.15) is 11.8 Å². The summed E-state index contributed by atoms with van der Waals surface area (Å²) >= 11 is 2.04. The minimum absolute atomic E-state index is 0.585. The maximum absolute atomic E-state index is 8.95. The second-order valence-corrected chi connectivity index (χ2v) is 6.00. The number of hydrogen-bond acceptors (Lipinski definition) is 5. The topological polar surface area (TPSA) is 48.3 Å². The predicted molar refractivity (Wildman–Crippen MR) is 83.2 cm³/mol. The third kappa shape index (κ3) is 4.41. The Morgan fingerprint density at radius 2 is 2.20 bits per heavy atom. The third-order valence-corrected chi connectivity index (χ3v) is 4.37. The van der Waals surface area contributed by atoms with Crippen molar-refractivity contribution in [1.82, 2.24) is 10.2 Å². The zero-order valence-corrected chi connectivity index (χ0v) is 12.7. The number of nitriles is 1. The molecule has 0 unspecified atom stereocenters. The van der Waals surface area contributed by atoms with E-state index in [1.54, 1.807) is 7.11 Å². The van der Waals surface area contributed by atoms with E-state index in [9.17, 15) is 0 Å². The zero-order chi connectivity index (χ0) is 14.2. The number of hydrogen-bond donors (Lipinski definition) is 1. The van der Waals surface area contributed by atoms with Crippen LogP contribution in [-0.4, -0.2) is 49.7 Å². The van der Waals surface area contributed by atoms with Gasteiger partial charge in [0, 0.05) is 44.2 Å². The summed E-state index contributed by atoms with van der Waals surface area (Å²) in [6, 6.07) is 7.86. The molecule has 1 N–H and O–H groups in total. The Labute approximate surface area is 125 Å². The van der Waals surface area contributed by atoms with Crippen LogP contribution in [-0.2, 0) is 6.54 Å². The van der Waals surface area contributed by atoms with E-state index in [1.165, 1.54) is 24.6 Å². The summed E-state index contributed by atoms with van der Waals surface area (Å²) in [4.78, 5) is 2.50. The number of methoxy groups -OCH3 is 1. The molecule has 1 aromatic rings. The minimum Gasteiger partial charge on any atom is -0.495 e. The first kappa shape index (κ1) is 15.2. The van der Waals surface area contributed by atoms with E-state index in [1.807, 2.05) is 30.0 Å². The van der Waals surface area contributed by atoms with Gasteiger partial charge in [0.15, 0.2) is 0 Å². The lowest BCUT2D eigenvalue weighted by Crippen LogP contribution is -2.37. The maximum atomic E-state index is 8.95. The Balaban J connectivity index is 1.75. The highest BCUT2D eigenvalue weighted by Gasteiger charge is 2.09. The van der Waals surface area contributed by atoms with Crippen molar-refractivity contribution in [3.8, 4) is 11.8 Å². The van der Waals surface area contributed by atoms with Crippen molar-refractivity contribution in [3.63, 3.8) is 0 Å². The van der Waals surface area contributed by atoms with E-state index in [0.717, 1.165) is 25.2 Å². The highest BCUT2D eigenvalue weighted by molar-refractivity contribution is 7.99. The van der Waals surface area contributed by atoms with Gasteiger partial charge in [-0.05, 0) is 17.7 Å². The summed E-state index contributed by atoms with van der Waals surface area (Å²) in [5, 5.41) is 12.4. The van der Waals surface area contributed by atoms with Gasteiger partial charge < -0.3 is 15.0 Å².